The molecule has 230 valence electrons. The Morgan fingerprint density at radius 1 is 1.00 bits per heavy atom. The van der Waals surface area contributed by atoms with E-state index in [0.29, 0.717) is 12.5 Å². The molecule has 10 nitrogen and oxygen atoms in total. The highest BCUT2D eigenvalue weighted by Crippen LogP contribution is 2.41. The van der Waals surface area contributed by atoms with Gasteiger partial charge in [-0.25, -0.2) is 9.67 Å². The van der Waals surface area contributed by atoms with Crippen LogP contribution >= 0.6 is 0 Å². The Labute approximate surface area is 262 Å². The SMILES string of the molecule is COc1ccc(CNc2ccc3c4ncc(-c5c(C)nnn5C)cc4n(C(c4ccccc4)C4CCOCC4)c3n2)c(OC)c1. The average molecular weight is 604 g/mol. The molecule has 0 saturated carbocycles. The topological polar surface area (TPSA) is 101 Å². The molecule has 1 saturated heterocycles. The van der Waals surface area contributed by atoms with E-state index in [0.717, 1.165) is 88.0 Å². The summed E-state index contributed by atoms with van der Waals surface area (Å²) in [4.78, 5) is 10.3. The van der Waals surface area contributed by atoms with Crippen LogP contribution in [0.25, 0.3) is 33.3 Å². The molecule has 0 aliphatic carbocycles. The molecule has 1 aliphatic rings. The summed E-state index contributed by atoms with van der Waals surface area (Å²) in [6, 6.07) is 23.0. The van der Waals surface area contributed by atoms with Crippen LogP contribution < -0.4 is 14.8 Å². The number of nitrogens with zero attached hydrogens (tertiary/aromatic N) is 6. The van der Waals surface area contributed by atoms with Crippen LogP contribution in [0.2, 0.25) is 0 Å². The first-order valence-corrected chi connectivity index (χ1v) is 15.3. The summed E-state index contributed by atoms with van der Waals surface area (Å²) >= 11 is 0. The third-order valence-corrected chi connectivity index (χ3v) is 8.84. The second-order valence-electron chi connectivity index (χ2n) is 11.5. The summed E-state index contributed by atoms with van der Waals surface area (Å²) in [5.41, 5.74) is 7.89. The van der Waals surface area contributed by atoms with Crippen LogP contribution in [-0.4, -0.2) is 57.0 Å². The lowest BCUT2D eigenvalue weighted by Gasteiger charge is -2.32. The molecule has 45 heavy (non-hydrogen) atoms. The van der Waals surface area contributed by atoms with Gasteiger partial charge in [0.1, 0.15) is 23.0 Å². The summed E-state index contributed by atoms with van der Waals surface area (Å²) in [6.45, 7) is 4.02. The third-order valence-electron chi connectivity index (χ3n) is 8.84. The molecule has 0 radical (unpaired) electrons. The van der Waals surface area contributed by atoms with Crippen molar-refractivity contribution in [1.29, 1.82) is 0 Å². The highest BCUT2D eigenvalue weighted by Gasteiger charge is 2.31. The van der Waals surface area contributed by atoms with Gasteiger partial charge in [-0.15, -0.1) is 5.10 Å². The van der Waals surface area contributed by atoms with Gasteiger partial charge in [-0.2, -0.15) is 0 Å². The van der Waals surface area contributed by atoms with Crippen LogP contribution in [0.4, 0.5) is 5.82 Å². The van der Waals surface area contributed by atoms with Gasteiger partial charge < -0.3 is 24.1 Å². The van der Waals surface area contributed by atoms with Gasteiger partial charge in [0.05, 0.1) is 42.7 Å². The monoisotopic (exact) mass is 603 g/mol. The Morgan fingerprint density at radius 3 is 2.56 bits per heavy atom. The Kier molecular flexibility index (Phi) is 7.81. The highest BCUT2D eigenvalue weighted by atomic mass is 16.5. The minimum Gasteiger partial charge on any atom is -0.497 e. The van der Waals surface area contributed by atoms with E-state index in [1.54, 1.807) is 14.2 Å². The third kappa shape index (κ3) is 5.35. The number of hydrogen-bond acceptors (Lipinski definition) is 8. The summed E-state index contributed by atoms with van der Waals surface area (Å²) in [5, 5.41) is 13.1. The van der Waals surface area contributed by atoms with E-state index < -0.39 is 0 Å². The molecule has 1 unspecified atom stereocenters. The standard InChI is InChI=1S/C35H37N7O3/c1-22-33(41(2)40-39-22)26-18-29-32(37-21-26)28-12-13-31(36-20-25-10-11-27(43-3)19-30(25)44-4)38-35(28)42(29)34(23-8-6-5-7-9-23)24-14-16-45-17-15-24/h5-13,18-19,21,24,34H,14-17,20H2,1-4H3,(H,36,38). The van der Waals surface area contributed by atoms with Crippen molar-refractivity contribution in [2.24, 2.45) is 13.0 Å². The molecule has 1 N–H and O–H groups in total. The summed E-state index contributed by atoms with van der Waals surface area (Å²) in [6.07, 6.45) is 3.85. The minimum absolute atomic E-state index is 0.0438. The lowest BCUT2D eigenvalue weighted by Crippen LogP contribution is -2.27. The van der Waals surface area contributed by atoms with Gasteiger partial charge in [0.2, 0.25) is 0 Å². The number of rotatable bonds is 9. The maximum Gasteiger partial charge on any atom is 0.145 e. The molecule has 0 spiro atoms. The molecule has 4 aromatic heterocycles. The molecule has 1 atom stereocenters. The van der Waals surface area contributed by atoms with Crippen molar-refractivity contribution < 1.29 is 14.2 Å². The first kappa shape index (κ1) is 28.8. The number of fused-ring (bicyclic) bond motifs is 3. The molecule has 7 rings (SSSR count). The van der Waals surface area contributed by atoms with Gasteiger partial charge in [0.15, 0.2) is 0 Å². The van der Waals surface area contributed by atoms with Gasteiger partial charge in [0.25, 0.3) is 0 Å². The molecular formula is C35H37N7O3. The predicted octanol–water partition coefficient (Wildman–Crippen LogP) is 6.33. The number of benzene rings is 2. The molecule has 10 heteroatoms. The predicted molar refractivity (Wildman–Crippen MR) is 175 cm³/mol. The van der Waals surface area contributed by atoms with E-state index in [1.807, 2.05) is 49.1 Å². The second kappa shape index (κ2) is 12.2. The van der Waals surface area contributed by atoms with E-state index >= 15 is 0 Å². The molecule has 5 heterocycles. The first-order chi connectivity index (χ1) is 22.1. The Hall–Kier alpha value is -4.96. The first-order valence-electron chi connectivity index (χ1n) is 15.3. The van der Waals surface area contributed by atoms with Crippen molar-refractivity contribution in [3.63, 3.8) is 0 Å². The molecule has 1 fully saturated rings. The normalized spacial score (nSPS) is 14.6. The fourth-order valence-electron chi connectivity index (χ4n) is 6.64. The van der Waals surface area contributed by atoms with Crippen LogP contribution in [0.3, 0.4) is 0 Å². The van der Waals surface area contributed by atoms with Crippen LogP contribution in [0.5, 0.6) is 11.5 Å². The number of methoxy groups -OCH3 is 2. The average Bonchev–Trinajstić information content (AvgIpc) is 3.59. The lowest BCUT2D eigenvalue weighted by atomic mass is 9.86. The maximum atomic E-state index is 5.82. The number of aryl methyl sites for hydroxylation is 2. The molecule has 2 aromatic carbocycles. The van der Waals surface area contributed by atoms with Gasteiger partial charge in [-0.3, -0.25) is 4.98 Å². The number of pyridine rings is 2. The van der Waals surface area contributed by atoms with Crippen molar-refractivity contribution in [2.75, 3.05) is 32.8 Å². The summed E-state index contributed by atoms with van der Waals surface area (Å²) in [5.74, 6) is 2.65. The lowest BCUT2D eigenvalue weighted by molar-refractivity contribution is 0.0552. The van der Waals surface area contributed by atoms with Crippen LogP contribution in [0.1, 0.15) is 35.7 Å². The van der Waals surface area contributed by atoms with E-state index in [1.165, 1.54) is 5.56 Å². The van der Waals surface area contributed by atoms with Gasteiger partial charge in [0, 0.05) is 55.6 Å². The summed E-state index contributed by atoms with van der Waals surface area (Å²) in [7, 11) is 5.24. The van der Waals surface area contributed by atoms with Gasteiger partial charge >= 0.3 is 0 Å². The van der Waals surface area contributed by atoms with Gasteiger partial charge in [-0.1, -0.05) is 35.5 Å². The van der Waals surface area contributed by atoms with Crippen LogP contribution in [-0.2, 0) is 18.3 Å². The molecule has 0 bridgehead atoms. The zero-order chi connectivity index (χ0) is 30.9. The highest BCUT2D eigenvalue weighted by molar-refractivity contribution is 6.05. The Balaban J connectivity index is 1.40. The molecule has 0 amide bonds. The molecular weight excluding hydrogens is 566 g/mol. The van der Waals surface area contributed by atoms with E-state index in [9.17, 15) is 0 Å². The van der Waals surface area contributed by atoms with Crippen molar-refractivity contribution in [1.82, 2.24) is 29.5 Å². The van der Waals surface area contributed by atoms with E-state index in [4.69, 9.17) is 24.2 Å². The number of ether oxygens (including phenoxy) is 3. The number of nitrogens with one attached hydrogen (secondary N) is 1. The zero-order valence-corrected chi connectivity index (χ0v) is 26.0. The van der Waals surface area contributed by atoms with Crippen LogP contribution in [0, 0.1) is 12.8 Å². The molecule has 6 aromatic rings. The number of anilines is 1. The fourth-order valence-corrected chi connectivity index (χ4v) is 6.64. The van der Waals surface area contributed by atoms with Crippen molar-refractivity contribution in [2.45, 2.75) is 32.4 Å². The fraction of sp³-hybridized carbons (Fsp3) is 0.314. The largest absolute Gasteiger partial charge is 0.497 e. The molecule has 1 aliphatic heterocycles. The number of aromatic nitrogens is 6. The second-order valence-corrected chi connectivity index (χ2v) is 11.5. The maximum absolute atomic E-state index is 5.82. The quantitative estimate of drug-likeness (QED) is 0.205. The van der Waals surface area contributed by atoms with E-state index in [2.05, 4.69) is 62.7 Å². The van der Waals surface area contributed by atoms with Crippen molar-refractivity contribution in [3.05, 3.63) is 89.7 Å². The minimum atomic E-state index is 0.0438. The van der Waals surface area contributed by atoms with Crippen molar-refractivity contribution in [3.8, 4) is 22.8 Å². The smallest absolute Gasteiger partial charge is 0.145 e. The number of hydrogen-bond donors (Lipinski definition) is 1. The van der Waals surface area contributed by atoms with Gasteiger partial charge in [-0.05, 0) is 61.6 Å². The Morgan fingerprint density at radius 2 is 1.82 bits per heavy atom. The zero-order valence-electron chi connectivity index (χ0n) is 26.0. The van der Waals surface area contributed by atoms with E-state index in [-0.39, 0.29) is 6.04 Å². The Bertz CT molecular complexity index is 1940. The van der Waals surface area contributed by atoms with Crippen LogP contribution in [0.15, 0.2) is 72.9 Å². The van der Waals surface area contributed by atoms with Crippen molar-refractivity contribution >= 4 is 27.9 Å². The summed E-state index contributed by atoms with van der Waals surface area (Å²) < 4.78 is 21.1.